The van der Waals surface area contributed by atoms with Crippen LogP contribution in [0.4, 0.5) is 5.69 Å². The second-order valence-electron chi connectivity index (χ2n) is 10.5. The molecule has 0 spiro atoms. The molecule has 0 bridgehead atoms. The van der Waals surface area contributed by atoms with Gasteiger partial charge in [0, 0.05) is 36.9 Å². The first-order valence-electron chi connectivity index (χ1n) is 12.1. The summed E-state index contributed by atoms with van der Waals surface area (Å²) in [6.07, 6.45) is 5.20. The summed E-state index contributed by atoms with van der Waals surface area (Å²) < 4.78 is 0. The van der Waals surface area contributed by atoms with Crippen molar-refractivity contribution in [3.05, 3.63) is 15.8 Å². The number of nitrogens with zero attached hydrogens (tertiary/aromatic N) is 2. The number of carbonyl (C=O) groups is 3. The monoisotopic (exact) mass is 488 g/mol. The molecule has 2 aliphatic rings. The summed E-state index contributed by atoms with van der Waals surface area (Å²) in [4.78, 5) is 43.1. The van der Waals surface area contributed by atoms with Crippen LogP contribution in [0.5, 0.6) is 0 Å². The molecule has 34 heavy (non-hydrogen) atoms. The van der Waals surface area contributed by atoms with Gasteiger partial charge in [0.25, 0.3) is 0 Å². The first-order chi connectivity index (χ1) is 16.0. The third-order valence-corrected chi connectivity index (χ3v) is 7.55. The number of aromatic carboxylic acids is 1. The first-order valence-corrected chi connectivity index (χ1v) is 13.0. The molecule has 8 heteroatoms. The second-order valence-corrected chi connectivity index (χ2v) is 11.5. The maximum absolute atomic E-state index is 13.8. The molecule has 2 amide bonds. The normalized spacial score (nSPS) is 19.9. The highest BCUT2D eigenvalue weighted by atomic mass is 32.1. The van der Waals surface area contributed by atoms with Gasteiger partial charge < -0.3 is 15.1 Å². The van der Waals surface area contributed by atoms with Gasteiger partial charge in [-0.05, 0) is 53.0 Å². The molecule has 7 nitrogen and oxygen atoms in total. The lowest BCUT2D eigenvalue weighted by molar-refractivity contribution is -0.134. The number of likely N-dealkylation sites (tertiary alicyclic amines) is 1. The fourth-order valence-corrected chi connectivity index (χ4v) is 5.49. The van der Waals surface area contributed by atoms with Gasteiger partial charge in [-0.25, -0.2) is 4.79 Å². The van der Waals surface area contributed by atoms with Crippen molar-refractivity contribution in [3.63, 3.8) is 0 Å². The summed E-state index contributed by atoms with van der Waals surface area (Å²) >= 11 is 1.04. The molecule has 1 aliphatic carbocycles. The molecule has 1 saturated heterocycles. The molecule has 1 aromatic heterocycles. The van der Waals surface area contributed by atoms with E-state index in [9.17, 15) is 24.6 Å². The molecule has 2 fully saturated rings. The lowest BCUT2D eigenvalue weighted by Crippen LogP contribution is -2.51. The number of carbonyl (C=O) groups excluding carboxylic acids is 2. The van der Waals surface area contributed by atoms with Crippen LogP contribution in [0.15, 0.2) is 6.07 Å². The third-order valence-electron chi connectivity index (χ3n) is 6.52. The molecule has 2 heterocycles. The Morgan fingerprint density at radius 2 is 1.88 bits per heavy atom. The quantitative estimate of drug-likeness (QED) is 0.590. The van der Waals surface area contributed by atoms with Crippen LogP contribution < -0.4 is 4.90 Å². The molecule has 2 atom stereocenters. The van der Waals surface area contributed by atoms with Crippen LogP contribution in [-0.4, -0.2) is 58.6 Å². The molecular weight excluding hydrogens is 452 g/mol. The molecule has 0 radical (unpaired) electrons. The Kier molecular flexibility index (Phi) is 8.43. The Morgan fingerprint density at radius 1 is 1.21 bits per heavy atom. The lowest BCUT2D eigenvalue weighted by Gasteiger charge is -2.34. The number of rotatable bonds is 6. The van der Waals surface area contributed by atoms with E-state index in [1.807, 2.05) is 20.8 Å². The summed E-state index contributed by atoms with van der Waals surface area (Å²) in [5.74, 6) is 4.45. The van der Waals surface area contributed by atoms with Gasteiger partial charge in [-0.15, -0.1) is 11.3 Å². The number of hydrogen-bond acceptors (Lipinski definition) is 5. The molecule has 2 N–H and O–H groups in total. The predicted octanol–water partition coefficient (Wildman–Crippen LogP) is 3.99. The number of aliphatic hydroxyl groups excluding tert-OH is 1. The van der Waals surface area contributed by atoms with Crippen LogP contribution >= 0.6 is 11.3 Å². The van der Waals surface area contributed by atoms with E-state index in [0.717, 1.165) is 49.9 Å². The van der Waals surface area contributed by atoms with E-state index in [1.54, 1.807) is 17.9 Å². The fourth-order valence-electron chi connectivity index (χ4n) is 4.65. The number of aliphatic hydroxyl groups is 1. The van der Waals surface area contributed by atoms with Crippen molar-refractivity contribution in [2.24, 2.45) is 17.3 Å². The Hall–Kier alpha value is -2.37. The van der Waals surface area contributed by atoms with Crippen LogP contribution in [0.1, 0.15) is 80.8 Å². The van der Waals surface area contributed by atoms with Crippen LogP contribution in [0.3, 0.4) is 0 Å². The number of carboxylic acid groups (broad SMARTS) is 1. The number of thiophene rings is 1. The highest BCUT2D eigenvalue weighted by Gasteiger charge is 2.39. The molecule has 1 saturated carbocycles. The highest BCUT2D eigenvalue weighted by Crippen LogP contribution is 2.36. The lowest BCUT2D eigenvalue weighted by atomic mass is 9.87. The largest absolute Gasteiger partial charge is 0.477 e. The van der Waals surface area contributed by atoms with E-state index in [2.05, 4.69) is 11.8 Å². The van der Waals surface area contributed by atoms with E-state index in [-0.39, 0.29) is 46.2 Å². The Morgan fingerprint density at radius 3 is 2.44 bits per heavy atom. The molecule has 3 rings (SSSR count). The minimum Gasteiger partial charge on any atom is -0.477 e. The van der Waals surface area contributed by atoms with E-state index < -0.39 is 12.0 Å². The second kappa shape index (κ2) is 10.9. The van der Waals surface area contributed by atoms with E-state index in [0.29, 0.717) is 18.0 Å². The first kappa shape index (κ1) is 26.2. The average molecular weight is 489 g/mol. The van der Waals surface area contributed by atoms with Crippen molar-refractivity contribution in [2.45, 2.75) is 72.3 Å². The topological polar surface area (TPSA) is 98.2 Å². The van der Waals surface area contributed by atoms with Gasteiger partial charge in [-0.1, -0.05) is 31.1 Å². The van der Waals surface area contributed by atoms with Gasteiger partial charge >= 0.3 is 5.97 Å². The molecular formula is C26H36N2O5S. The van der Waals surface area contributed by atoms with Gasteiger partial charge in [-0.2, -0.15) is 0 Å². The van der Waals surface area contributed by atoms with Crippen molar-refractivity contribution < 1.29 is 24.6 Å². The standard InChI is InChI=1S/C26H36N2O5S/c1-17(23(30)27-13-11-18(15-27)16-29)28(24(31)19-8-6-5-7-9-19)21-14-20(10-12-26(2,3)4)34-22(21)25(32)33/h14,17-19,29H,5-9,11,13,15-16H2,1-4H3,(H,32,33)/t17-,18-/m0/s1. The van der Waals surface area contributed by atoms with Gasteiger partial charge in [0.1, 0.15) is 10.9 Å². The summed E-state index contributed by atoms with van der Waals surface area (Å²) in [5.41, 5.74) is -0.00188. The van der Waals surface area contributed by atoms with Crippen LogP contribution in [0.25, 0.3) is 0 Å². The van der Waals surface area contributed by atoms with Crippen LogP contribution in [0.2, 0.25) is 0 Å². The fraction of sp³-hybridized carbons (Fsp3) is 0.654. The molecule has 186 valence electrons. The minimum atomic E-state index is -1.13. The van der Waals surface area contributed by atoms with Crippen molar-refractivity contribution >= 4 is 34.8 Å². The van der Waals surface area contributed by atoms with Crippen molar-refractivity contribution in [3.8, 4) is 11.8 Å². The van der Waals surface area contributed by atoms with Gasteiger partial charge in [0.05, 0.1) is 10.6 Å². The summed E-state index contributed by atoms with van der Waals surface area (Å²) in [7, 11) is 0. The SMILES string of the molecule is C[C@@H](C(=O)N1CC[C@H](CO)C1)N(C(=O)C1CCCCC1)c1cc(C#CC(C)(C)C)sc1C(=O)O. The van der Waals surface area contributed by atoms with Gasteiger partial charge in [0.15, 0.2) is 0 Å². The number of carboxylic acids is 1. The maximum atomic E-state index is 13.8. The van der Waals surface area contributed by atoms with Crippen molar-refractivity contribution in [1.29, 1.82) is 0 Å². The zero-order valence-electron chi connectivity index (χ0n) is 20.6. The van der Waals surface area contributed by atoms with Gasteiger partial charge in [0.2, 0.25) is 11.8 Å². The zero-order chi connectivity index (χ0) is 25.0. The summed E-state index contributed by atoms with van der Waals surface area (Å²) in [5, 5.41) is 19.4. The number of anilines is 1. The molecule has 1 aliphatic heterocycles. The van der Waals surface area contributed by atoms with Crippen LogP contribution in [0, 0.1) is 29.1 Å². The van der Waals surface area contributed by atoms with E-state index in [1.165, 1.54) is 4.90 Å². The summed E-state index contributed by atoms with van der Waals surface area (Å²) in [6.45, 7) is 8.60. The molecule has 0 aromatic carbocycles. The minimum absolute atomic E-state index is 0.0202. The Balaban J connectivity index is 2.01. The third kappa shape index (κ3) is 6.19. The predicted molar refractivity (Wildman–Crippen MR) is 133 cm³/mol. The van der Waals surface area contributed by atoms with E-state index in [4.69, 9.17) is 0 Å². The maximum Gasteiger partial charge on any atom is 0.348 e. The smallest absolute Gasteiger partial charge is 0.348 e. The molecule has 0 unspecified atom stereocenters. The van der Waals surface area contributed by atoms with E-state index >= 15 is 0 Å². The van der Waals surface area contributed by atoms with Crippen molar-refractivity contribution in [1.82, 2.24) is 4.90 Å². The van der Waals surface area contributed by atoms with Crippen LogP contribution in [-0.2, 0) is 9.59 Å². The number of amides is 2. The number of hydrogen-bond donors (Lipinski definition) is 2. The summed E-state index contributed by atoms with van der Waals surface area (Å²) in [6, 6.07) is 0.806. The highest BCUT2D eigenvalue weighted by molar-refractivity contribution is 7.15. The molecule has 1 aromatic rings. The zero-order valence-corrected chi connectivity index (χ0v) is 21.4. The van der Waals surface area contributed by atoms with Crippen molar-refractivity contribution in [2.75, 3.05) is 24.6 Å². The Bertz CT molecular complexity index is 978. The Labute approximate surface area is 206 Å². The average Bonchev–Trinajstić information content (AvgIpc) is 3.45. The van der Waals surface area contributed by atoms with Gasteiger partial charge in [-0.3, -0.25) is 14.5 Å².